The Morgan fingerprint density at radius 2 is 1.38 bits per heavy atom. The normalized spacial score (nSPS) is 14.5. The summed E-state index contributed by atoms with van der Waals surface area (Å²) in [5.41, 5.74) is 1.55. The Morgan fingerprint density at radius 3 is 1.82 bits per heavy atom. The van der Waals surface area contributed by atoms with E-state index in [4.69, 9.17) is 9.47 Å². The van der Waals surface area contributed by atoms with Gasteiger partial charge in [-0.1, -0.05) is 56.1 Å². The number of nitrogens with zero attached hydrogens (tertiary/aromatic N) is 1. The molecule has 0 aromatic heterocycles. The fraction of sp³-hybridized carbons (Fsp3) is 0.148. The Labute approximate surface area is 197 Å². The molecule has 174 valence electrons. The van der Waals surface area contributed by atoms with Gasteiger partial charge in [0.1, 0.15) is 5.76 Å². The second-order valence-corrected chi connectivity index (χ2v) is 7.56. The molecule has 0 radical (unpaired) electrons. The van der Waals surface area contributed by atoms with Gasteiger partial charge in [0.05, 0.1) is 11.1 Å². The molecule has 0 fully saturated rings. The zero-order valence-corrected chi connectivity index (χ0v) is 19.0. The summed E-state index contributed by atoms with van der Waals surface area (Å²) in [6.07, 6.45) is 0.457. The van der Waals surface area contributed by atoms with Gasteiger partial charge in [-0.15, -0.1) is 0 Å². The molecule has 1 aliphatic rings. The predicted octanol–water partition coefficient (Wildman–Crippen LogP) is 2.76. The fourth-order valence-corrected chi connectivity index (χ4v) is 3.67. The maximum absolute atomic E-state index is 12.8. The molecule has 3 rings (SSSR count). The summed E-state index contributed by atoms with van der Waals surface area (Å²) >= 11 is 0. The van der Waals surface area contributed by atoms with Crippen LogP contribution in [0.4, 0.5) is 5.69 Å². The lowest BCUT2D eigenvalue weighted by molar-refractivity contribution is -0.147. The summed E-state index contributed by atoms with van der Waals surface area (Å²) in [5.74, 6) is -1.61. The van der Waals surface area contributed by atoms with Gasteiger partial charge in [0.2, 0.25) is 5.78 Å². The molecule has 0 amide bonds. The number of hydrogen-bond donors (Lipinski definition) is 1. The van der Waals surface area contributed by atoms with Crippen LogP contribution in [0.5, 0.6) is 0 Å². The van der Waals surface area contributed by atoms with E-state index in [1.807, 2.05) is 0 Å². The van der Waals surface area contributed by atoms with Crippen molar-refractivity contribution in [2.75, 3.05) is 4.90 Å². The highest BCUT2D eigenvalue weighted by atomic mass is 16.6. The zero-order valence-electron chi connectivity index (χ0n) is 19.0. The number of hydrogen-bond acceptors (Lipinski definition) is 7. The van der Waals surface area contributed by atoms with E-state index in [0.717, 1.165) is 17.4 Å². The maximum atomic E-state index is 12.8. The molecule has 34 heavy (non-hydrogen) atoms. The molecule has 2 aromatic rings. The van der Waals surface area contributed by atoms with Gasteiger partial charge in [-0.05, 0) is 42.0 Å². The second kappa shape index (κ2) is 10.0. The first kappa shape index (κ1) is 24.3. The number of esters is 2. The van der Waals surface area contributed by atoms with Gasteiger partial charge in [-0.2, -0.15) is 0 Å². The van der Waals surface area contributed by atoms with Crippen LogP contribution < -0.4 is 15.3 Å². The molecule has 0 bridgehead atoms. The quantitative estimate of drug-likeness (QED) is 0.369. The average Bonchev–Trinajstić information content (AvgIpc) is 2.81. The summed E-state index contributed by atoms with van der Waals surface area (Å²) in [6, 6.07) is 13.7. The van der Waals surface area contributed by atoms with E-state index in [1.165, 1.54) is 0 Å². The minimum absolute atomic E-state index is 0.0759. The molecule has 1 N–H and O–H groups in total. The first-order valence-corrected chi connectivity index (χ1v) is 10.5. The van der Waals surface area contributed by atoms with Crippen molar-refractivity contribution in [3.8, 4) is 0 Å². The van der Waals surface area contributed by atoms with Crippen LogP contribution >= 0.6 is 0 Å². The van der Waals surface area contributed by atoms with Crippen LogP contribution in [0, 0.1) is 0 Å². The minimum atomic E-state index is -0.808. The van der Waals surface area contributed by atoms with Crippen LogP contribution in [-0.4, -0.2) is 35.3 Å². The van der Waals surface area contributed by atoms with Crippen LogP contribution in [0.1, 0.15) is 19.4 Å². The Bertz CT molecular complexity index is 1250. The highest BCUT2D eigenvalue weighted by molar-refractivity contribution is 6.51. The lowest BCUT2D eigenvalue weighted by Crippen LogP contribution is -2.44. The molecule has 2 atom stereocenters. The van der Waals surface area contributed by atoms with Gasteiger partial charge in [0.15, 0.2) is 12.5 Å². The average molecular weight is 459 g/mol. The van der Waals surface area contributed by atoms with Crippen molar-refractivity contribution in [1.82, 2.24) is 0 Å². The van der Waals surface area contributed by atoms with Crippen molar-refractivity contribution in [3.05, 3.63) is 95.6 Å². The zero-order chi connectivity index (χ0) is 25.0. The number of anilines is 1. The van der Waals surface area contributed by atoms with E-state index in [-0.39, 0.29) is 22.7 Å². The van der Waals surface area contributed by atoms with E-state index in [9.17, 15) is 19.5 Å². The van der Waals surface area contributed by atoms with Crippen LogP contribution in [-0.2, 0) is 23.9 Å². The second-order valence-electron chi connectivity index (χ2n) is 7.56. The lowest BCUT2D eigenvalue weighted by atomic mass is 9.82. The van der Waals surface area contributed by atoms with Crippen LogP contribution in [0.2, 0.25) is 0 Å². The van der Waals surface area contributed by atoms with Gasteiger partial charge in [0, 0.05) is 17.8 Å². The highest BCUT2D eigenvalue weighted by Crippen LogP contribution is 2.37. The molecule has 7 heteroatoms. The van der Waals surface area contributed by atoms with Crippen molar-refractivity contribution < 1.29 is 29.0 Å². The van der Waals surface area contributed by atoms with Crippen molar-refractivity contribution >= 4 is 41.1 Å². The number of rotatable bonds is 8. The summed E-state index contributed by atoms with van der Waals surface area (Å²) < 4.78 is 10.6. The Balaban J connectivity index is 1.94. The van der Waals surface area contributed by atoms with Gasteiger partial charge < -0.3 is 19.5 Å². The number of ether oxygens (including phenoxy) is 2. The van der Waals surface area contributed by atoms with Gasteiger partial charge in [0.25, 0.3) is 0 Å². The SMILES string of the molecule is C=CC(=O)OC(C)N(c1ccc(C2=C(O)C(=c3ccc(=C)cc3)C2=O)cc1)C(C)OC(=O)C=C. The number of ketones is 1. The van der Waals surface area contributed by atoms with Gasteiger partial charge >= 0.3 is 11.9 Å². The van der Waals surface area contributed by atoms with E-state index in [0.29, 0.717) is 16.5 Å². The number of Topliss-reactive ketones (excluding diaryl/α,β-unsaturated/α-hetero) is 1. The van der Waals surface area contributed by atoms with E-state index in [2.05, 4.69) is 19.7 Å². The number of aliphatic hydroxyl groups is 1. The summed E-state index contributed by atoms with van der Waals surface area (Å²) in [5, 5.41) is 12.0. The molecular weight excluding hydrogens is 434 g/mol. The smallest absolute Gasteiger partial charge is 0.332 e. The summed E-state index contributed by atoms with van der Waals surface area (Å²) in [6.45, 7) is 13.8. The molecule has 0 heterocycles. The van der Waals surface area contributed by atoms with Gasteiger partial charge in [-0.25, -0.2) is 9.59 Å². The van der Waals surface area contributed by atoms with Crippen molar-refractivity contribution in [3.63, 3.8) is 0 Å². The van der Waals surface area contributed by atoms with Crippen LogP contribution in [0.15, 0.2) is 79.6 Å². The summed E-state index contributed by atoms with van der Waals surface area (Å²) in [4.78, 5) is 37.8. The lowest BCUT2D eigenvalue weighted by Gasteiger charge is -2.35. The molecule has 0 aliphatic heterocycles. The largest absolute Gasteiger partial charge is 0.506 e. The Morgan fingerprint density at radius 1 is 0.882 bits per heavy atom. The summed E-state index contributed by atoms with van der Waals surface area (Å²) in [7, 11) is 0. The molecular formula is C27H25NO6. The molecule has 0 saturated carbocycles. The molecule has 1 aliphatic carbocycles. The molecule has 2 aromatic carbocycles. The standard InChI is InChI=1S/C27H25NO6/c1-6-22(29)33-17(4)28(18(5)34-23(30)7-2)21-14-12-20(13-15-21)25-26(31)24(27(25)32)19-10-8-16(3)9-11-19/h6-15,17-18,31H,1-3H2,4-5H3. The monoisotopic (exact) mass is 459 g/mol. The Kier molecular flexibility index (Phi) is 7.16. The van der Waals surface area contributed by atoms with E-state index in [1.54, 1.807) is 67.3 Å². The van der Waals surface area contributed by atoms with E-state index < -0.39 is 24.4 Å². The van der Waals surface area contributed by atoms with E-state index >= 15 is 0 Å². The minimum Gasteiger partial charge on any atom is -0.506 e. The number of carbonyl (C=O) groups excluding carboxylic acids is 3. The third-order valence-electron chi connectivity index (χ3n) is 5.31. The molecule has 2 unspecified atom stereocenters. The first-order chi connectivity index (χ1) is 16.2. The van der Waals surface area contributed by atoms with Crippen LogP contribution in [0.25, 0.3) is 17.7 Å². The third kappa shape index (κ3) is 4.83. The Hall–Kier alpha value is -4.39. The number of allylic oxidation sites excluding steroid dienone is 2. The van der Waals surface area contributed by atoms with Crippen molar-refractivity contribution in [1.29, 1.82) is 0 Å². The predicted molar refractivity (Wildman–Crippen MR) is 130 cm³/mol. The molecule has 0 spiro atoms. The third-order valence-corrected chi connectivity index (χ3v) is 5.31. The first-order valence-electron chi connectivity index (χ1n) is 10.5. The maximum Gasteiger partial charge on any atom is 0.332 e. The molecule has 0 saturated heterocycles. The van der Waals surface area contributed by atoms with Crippen LogP contribution in [0.3, 0.4) is 0 Å². The van der Waals surface area contributed by atoms with Crippen molar-refractivity contribution in [2.24, 2.45) is 0 Å². The fourth-order valence-electron chi connectivity index (χ4n) is 3.67. The van der Waals surface area contributed by atoms with Gasteiger partial charge in [-0.3, -0.25) is 4.79 Å². The number of carbonyl (C=O) groups is 3. The molecule has 7 nitrogen and oxygen atoms in total. The van der Waals surface area contributed by atoms with Crippen molar-refractivity contribution in [2.45, 2.75) is 26.3 Å². The highest BCUT2D eigenvalue weighted by Gasteiger charge is 2.35. The number of aliphatic hydroxyl groups excluding tert-OH is 1. The topological polar surface area (TPSA) is 93.1 Å². The number of benzene rings is 2.